The van der Waals surface area contributed by atoms with Gasteiger partial charge in [0.1, 0.15) is 33.7 Å². The zero-order valence-corrected chi connectivity index (χ0v) is 43.4. The van der Waals surface area contributed by atoms with Gasteiger partial charge in [0.25, 0.3) is 0 Å². The zero-order valence-electron chi connectivity index (χ0n) is 43.4. The van der Waals surface area contributed by atoms with E-state index in [1.54, 1.807) is 0 Å². The number of rotatable bonds is 3. The second kappa shape index (κ2) is 14.7. The minimum absolute atomic E-state index is 0.0293. The van der Waals surface area contributed by atoms with Gasteiger partial charge in [-0.25, -0.2) is 0 Å². The number of hydrogen-bond acceptors (Lipinski definition) is 4. The predicted molar refractivity (Wildman–Crippen MR) is 311 cm³/mol. The standard InChI is InChI=1S/C68H55BN2O3/c1-66(2,3)40-24-28-43(29-25-40)71-52-37-57-46(44-30-26-42(68(7,8)9)33-55(44)72-57)34-48(52)61-62-63-59(60-45-22-16-17-23-54(45)73-65(60)61)47-32-41(67(4,5)6)27-31-51(47)70(63)53-35-49-56(36-50(53)69(62)71)74-64(39-20-14-11-15-21-39)58(49)38-18-12-10-13-19-38/h10-37H,1-9H3. The summed E-state index contributed by atoms with van der Waals surface area (Å²) in [4.78, 5) is 2.59. The number of nitrogens with zero attached hydrogens (tertiary/aromatic N) is 2. The fourth-order valence-electron chi connectivity index (χ4n) is 12.7. The van der Waals surface area contributed by atoms with E-state index in [1.807, 2.05) is 0 Å². The quantitative estimate of drug-likeness (QED) is 0.166. The lowest BCUT2D eigenvalue weighted by Gasteiger charge is -2.42. The Kier molecular flexibility index (Phi) is 8.63. The van der Waals surface area contributed by atoms with E-state index in [4.69, 9.17) is 13.3 Å². The molecule has 0 saturated heterocycles. The summed E-state index contributed by atoms with van der Waals surface area (Å²) in [5.41, 5.74) is 21.6. The van der Waals surface area contributed by atoms with Gasteiger partial charge in [-0.3, -0.25) is 0 Å². The second-order valence-electron chi connectivity index (χ2n) is 24.1. The average Bonchev–Trinajstić information content (AvgIpc) is 4.20. The Bertz CT molecular complexity index is 4530. The summed E-state index contributed by atoms with van der Waals surface area (Å²) in [6.07, 6.45) is 0. The van der Waals surface area contributed by atoms with Crippen LogP contribution in [-0.2, 0) is 16.2 Å². The number of para-hydroxylation sites is 1. The first-order chi connectivity index (χ1) is 35.6. The van der Waals surface area contributed by atoms with E-state index in [-0.39, 0.29) is 23.1 Å². The molecule has 0 unspecified atom stereocenters. The maximum absolute atomic E-state index is 7.38. The van der Waals surface area contributed by atoms with Crippen LogP contribution in [-0.4, -0.2) is 11.4 Å². The highest BCUT2D eigenvalue weighted by molar-refractivity contribution is 6.94. The third kappa shape index (κ3) is 6.00. The van der Waals surface area contributed by atoms with Crippen LogP contribution >= 0.6 is 0 Å². The van der Waals surface area contributed by atoms with Crippen LogP contribution in [0.15, 0.2) is 183 Å². The monoisotopic (exact) mass is 958 g/mol. The molecule has 0 aliphatic carbocycles. The lowest BCUT2D eigenvalue weighted by atomic mass is 9.43. The summed E-state index contributed by atoms with van der Waals surface area (Å²) < 4.78 is 24.3. The molecule has 6 heteroatoms. The van der Waals surface area contributed by atoms with Gasteiger partial charge in [-0.15, -0.1) is 0 Å². The molecule has 0 N–H and O–H groups in total. The highest BCUT2D eigenvalue weighted by Crippen LogP contribution is 2.54. The first-order valence-corrected chi connectivity index (χ1v) is 26.2. The Labute approximate surface area is 430 Å². The van der Waals surface area contributed by atoms with Crippen molar-refractivity contribution < 1.29 is 13.3 Å². The van der Waals surface area contributed by atoms with Crippen molar-refractivity contribution in [2.45, 2.75) is 78.6 Å². The molecular weight excluding hydrogens is 904 g/mol. The van der Waals surface area contributed by atoms with E-state index >= 15 is 0 Å². The first-order valence-electron chi connectivity index (χ1n) is 26.2. The van der Waals surface area contributed by atoms with Crippen molar-refractivity contribution in [3.63, 3.8) is 0 Å². The summed E-state index contributed by atoms with van der Waals surface area (Å²) in [7, 11) is 0. The first kappa shape index (κ1) is 43.4. The van der Waals surface area contributed by atoms with Gasteiger partial charge in [-0.05, 0) is 104 Å². The molecule has 4 aromatic heterocycles. The lowest BCUT2D eigenvalue weighted by molar-refractivity contribution is 0.587. The number of anilines is 2. The minimum atomic E-state index is -0.309. The van der Waals surface area contributed by atoms with Crippen LogP contribution in [0.25, 0.3) is 116 Å². The molecule has 5 nitrogen and oxygen atoms in total. The van der Waals surface area contributed by atoms with Gasteiger partial charge in [-0.2, -0.15) is 0 Å². The Hall–Kier alpha value is -8.22. The third-order valence-electron chi connectivity index (χ3n) is 16.4. The van der Waals surface area contributed by atoms with Crippen molar-refractivity contribution in [3.05, 3.63) is 187 Å². The summed E-state index contributed by atoms with van der Waals surface area (Å²) in [5.74, 6) is 0.860. The molecule has 0 bridgehead atoms. The highest BCUT2D eigenvalue weighted by atomic mass is 16.3. The summed E-state index contributed by atoms with van der Waals surface area (Å²) in [5, 5.41) is 7.96. The Balaban J connectivity index is 1.16. The number of aromatic nitrogens is 1. The molecule has 0 saturated carbocycles. The molecule has 13 aromatic rings. The van der Waals surface area contributed by atoms with Crippen LogP contribution in [0.1, 0.15) is 79.0 Å². The molecule has 74 heavy (non-hydrogen) atoms. The summed E-state index contributed by atoms with van der Waals surface area (Å²) in [6, 6.07) is 62.7. The van der Waals surface area contributed by atoms with Gasteiger partial charge in [-0.1, -0.05) is 172 Å². The summed E-state index contributed by atoms with van der Waals surface area (Å²) >= 11 is 0. The van der Waals surface area contributed by atoms with Gasteiger partial charge in [0.2, 0.25) is 0 Å². The van der Waals surface area contributed by atoms with E-state index in [0.717, 1.165) is 116 Å². The Morgan fingerprint density at radius 3 is 1.78 bits per heavy atom. The molecule has 6 heterocycles. The maximum atomic E-state index is 7.38. The molecule has 358 valence electrons. The Morgan fingerprint density at radius 2 is 1.05 bits per heavy atom. The number of furan rings is 3. The molecule has 15 rings (SSSR count). The van der Waals surface area contributed by atoms with Crippen LogP contribution in [0.4, 0.5) is 11.4 Å². The number of hydrogen-bond donors (Lipinski definition) is 0. The van der Waals surface area contributed by atoms with E-state index in [2.05, 4.69) is 242 Å². The van der Waals surface area contributed by atoms with E-state index in [0.29, 0.717) is 0 Å². The van der Waals surface area contributed by atoms with Gasteiger partial charge >= 0.3 is 6.85 Å². The molecule has 0 radical (unpaired) electrons. The van der Waals surface area contributed by atoms with Crippen LogP contribution in [0, 0.1) is 0 Å². The smallest absolute Gasteiger partial charge is 0.333 e. The van der Waals surface area contributed by atoms with Crippen molar-refractivity contribution in [1.29, 1.82) is 0 Å². The van der Waals surface area contributed by atoms with E-state index in [1.165, 1.54) is 38.4 Å². The van der Waals surface area contributed by atoms with Crippen molar-refractivity contribution >= 4 is 106 Å². The van der Waals surface area contributed by atoms with Gasteiger partial charge < -0.3 is 22.6 Å². The molecule has 0 spiro atoms. The maximum Gasteiger partial charge on any atom is 0.333 e. The summed E-state index contributed by atoms with van der Waals surface area (Å²) in [6.45, 7) is 20.3. The van der Waals surface area contributed by atoms with Gasteiger partial charge in [0, 0.05) is 83.1 Å². The zero-order chi connectivity index (χ0) is 50.3. The number of fused-ring (bicyclic) bond motifs is 17. The molecule has 2 aliphatic rings. The minimum Gasteiger partial charge on any atom is -0.456 e. The van der Waals surface area contributed by atoms with Crippen molar-refractivity contribution in [2.75, 3.05) is 4.81 Å². The molecule has 0 fully saturated rings. The van der Waals surface area contributed by atoms with Crippen LogP contribution in [0.3, 0.4) is 0 Å². The second-order valence-corrected chi connectivity index (χ2v) is 24.1. The molecular formula is C68H55BN2O3. The SMILES string of the molecule is CC(C)(C)c1ccc(N2B3c4cc5oc(-c6ccccc6)c(-c6ccccc6)c5cc4-n4c5ccc(C(C)(C)C)cc5c5c6c(oc7ccccc76)c(c3c54)-c3cc4c(cc32)oc2cc(C(C)(C)C)ccc24)cc1. The van der Waals surface area contributed by atoms with Crippen LogP contribution < -0.4 is 15.7 Å². The van der Waals surface area contributed by atoms with Crippen molar-refractivity contribution in [2.24, 2.45) is 0 Å². The fourth-order valence-corrected chi connectivity index (χ4v) is 12.7. The third-order valence-corrected chi connectivity index (χ3v) is 16.4. The normalized spacial score (nSPS) is 13.7. The molecule has 2 aliphatic heterocycles. The van der Waals surface area contributed by atoms with Crippen molar-refractivity contribution in [3.8, 4) is 39.3 Å². The fraction of sp³-hybridized carbons (Fsp3) is 0.176. The van der Waals surface area contributed by atoms with Crippen LogP contribution in [0.2, 0.25) is 0 Å². The topological polar surface area (TPSA) is 47.6 Å². The van der Waals surface area contributed by atoms with Gasteiger partial charge in [0.15, 0.2) is 0 Å². The molecule has 9 aromatic carbocycles. The Morgan fingerprint density at radius 1 is 0.419 bits per heavy atom. The van der Waals surface area contributed by atoms with E-state index < -0.39 is 0 Å². The lowest BCUT2D eigenvalue weighted by Crippen LogP contribution is -2.60. The molecule has 0 atom stereocenters. The van der Waals surface area contributed by atoms with Gasteiger partial charge in [0.05, 0.1) is 11.0 Å². The average molecular weight is 959 g/mol. The predicted octanol–water partition coefficient (Wildman–Crippen LogP) is 17.8. The van der Waals surface area contributed by atoms with Crippen molar-refractivity contribution in [1.82, 2.24) is 4.57 Å². The largest absolute Gasteiger partial charge is 0.456 e. The number of benzene rings is 9. The molecule has 0 amide bonds. The highest BCUT2D eigenvalue weighted by Gasteiger charge is 2.47. The van der Waals surface area contributed by atoms with E-state index in [9.17, 15) is 0 Å². The van der Waals surface area contributed by atoms with Crippen LogP contribution in [0.5, 0.6) is 0 Å².